The number of aromatic nitrogens is 2. The van der Waals surface area contributed by atoms with Crippen LogP contribution in [0, 0.1) is 6.92 Å². The third kappa shape index (κ3) is 3.80. The molecule has 5 heteroatoms. The number of hydrogen-bond donors (Lipinski definition) is 1. The maximum atomic E-state index is 12.2. The van der Waals surface area contributed by atoms with Crippen LogP contribution in [0.4, 0.5) is 0 Å². The van der Waals surface area contributed by atoms with Crippen LogP contribution >= 0.6 is 0 Å². The molecule has 1 amide bonds. The van der Waals surface area contributed by atoms with Gasteiger partial charge in [0.15, 0.2) is 0 Å². The summed E-state index contributed by atoms with van der Waals surface area (Å²) >= 11 is 0. The quantitative estimate of drug-likeness (QED) is 0.869. The molecule has 1 aliphatic rings. The lowest BCUT2D eigenvalue weighted by Gasteiger charge is -2.24. The Labute approximate surface area is 115 Å². The summed E-state index contributed by atoms with van der Waals surface area (Å²) in [6.45, 7) is 8.68. The number of hydrogen-bond acceptors (Lipinski definition) is 3. The largest absolute Gasteiger partial charge is 0.341 e. The molecule has 0 aromatic carbocycles. The van der Waals surface area contributed by atoms with E-state index in [0.29, 0.717) is 0 Å². The Kier molecular flexibility index (Phi) is 4.58. The molecule has 1 N–H and O–H groups in total. The summed E-state index contributed by atoms with van der Waals surface area (Å²) in [5, 5.41) is 7.63. The first-order valence-electron chi connectivity index (χ1n) is 7.10. The summed E-state index contributed by atoms with van der Waals surface area (Å²) in [4.78, 5) is 14.1. The van der Waals surface area contributed by atoms with E-state index in [2.05, 4.69) is 17.3 Å². The molecule has 0 bridgehead atoms. The normalized spacial score (nSPS) is 18.6. The Morgan fingerprint density at radius 1 is 1.42 bits per heavy atom. The van der Waals surface area contributed by atoms with Gasteiger partial charge in [0, 0.05) is 25.3 Å². The van der Waals surface area contributed by atoms with Gasteiger partial charge in [-0.1, -0.05) is 0 Å². The summed E-state index contributed by atoms with van der Waals surface area (Å²) in [5.41, 5.74) is 1.16. The van der Waals surface area contributed by atoms with Crippen molar-refractivity contribution < 1.29 is 4.79 Å². The Hall–Kier alpha value is -1.36. The predicted octanol–water partition coefficient (Wildman–Crippen LogP) is 1.18. The molecular formula is C14H24N4O. The monoisotopic (exact) mass is 264 g/mol. The van der Waals surface area contributed by atoms with Gasteiger partial charge in [0.05, 0.1) is 18.8 Å². The van der Waals surface area contributed by atoms with Crippen LogP contribution in [-0.4, -0.2) is 45.8 Å². The highest BCUT2D eigenvalue weighted by molar-refractivity contribution is 5.81. The van der Waals surface area contributed by atoms with Crippen molar-refractivity contribution >= 4 is 5.91 Å². The smallest absolute Gasteiger partial charge is 0.239 e. The number of aryl methyl sites for hydroxylation is 1. The summed E-state index contributed by atoms with van der Waals surface area (Å²) in [5.74, 6) is 0.223. The van der Waals surface area contributed by atoms with E-state index in [1.54, 1.807) is 0 Å². The highest BCUT2D eigenvalue weighted by Gasteiger charge is 2.23. The number of nitrogens with zero attached hydrogens (tertiary/aromatic N) is 3. The number of likely N-dealkylation sites (tertiary alicyclic amines) is 1. The molecule has 2 unspecified atom stereocenters. The van der Waals surface area contributed by atoms with E-state index in [0.717, 1.165) is 38.0 Å². The first kappa shape index (κ1) is 14.1. The van der Waals surface area contributed by atoms with E-state index in [9.17, 15) is 4.79 Å². The minimum atomic E-state index is -0.121. The second-order valence-corrected chi connectivity index (χ2v) is 5.56. The lowest BCUT2D eigenvalue weighted by atomic mass is 10.2. The second-order valence-electron chi connectivity index (χ2n) is 5.56. The SMILES string of the molecule is Cc1cnn(CC(C)NC(C)C(=O)N2CCCC2)c1. The molecule has 2 atom stereocenters. The molecule has 1 aromatic heterocycles. The predicted molar refractivity (Wildman–Crippen MR) is 74.8 cm³/mol. The van der Waals surface area contributed by atoms with Crippen LogP contribution in [0.2, 0.25) is 0 Å². The maximum absolute atomic E-state index is 12.2. The van der Waals surface area contributed by atoms with E-state index < -0.39 is 0 Å². The number of carbonyl (C=O) groups excluding carboxylic acids is 1. The van der Waals surface area contributed by atoms with Crippen LogP contribution in [0.25, 0.3) is 0 Å². The van der Waals surface area contributed by atoms with E-state index >= 15 is 0 Å². The molecular weight excluding hydrogens is 240 g/mol. The van der Waals surface area contributed by atoms with Gasteiger partial charge >= 0.3 is 0 Å². The van der Waals surface area contributed by atoms with E-state index in [-0.39, 0.29) is 18.0 Å². The van der Waals surface area contributed by atoms with Gasteiger partial charge in [0.1, 0.15) is 0 Å². The molecule has 0 radical (unpaired) electrons. The maximum Gasteiger partial charge on any atom is 0.239 e. The van der Waals surface area contributed by atoms with E-state index in [1.165, 1.54) is 0 Å². The van der Waals surface area contributed by atoms with Crippen LogP contribution in [0.3, 0.4) is 0 Å². The van der Waals surface area contributed by atoms with Gasteiger partial charge in [-0.3, -0.25) is 9.48 Å². The highest BCUT2D eigenvalue weighted by atomic mass is 16.2. The molecule has 0 saturated carbocycles. The molecule has 1 saturated heterocycles. The molecule has 1 aromatic rings. The van der Waals surface area contributed by atoms with Crippen molar-refractivity contribution in [1.29, 1.82) is 0 Å². The molecule has 1 fully saturated rings. The summed E-state index contributed by atoms with van der Waals surface area (Å²) in [6.07, 6.45) is 6.15. The molecule has 0 spiro atoms. The Balaban J connectivity index is 1.80. The summed E-state index contributed by atoms with van der Waals surface area (Å²) in [7, 11) is 0. The van der Waals surface area contributed by atoms with Crippen LogP contribution in [0.5, 0.6) is 0 Å². The fourth-order valence-electron chi connectivity index (χ4n) is 2.61. The van der Waals surface area contributed by atoms with Gasteiger partial charge in [-0.2, -0.15) is 5.10 Å². The standard InChI is InChI=1S/C14H24N4O/c1-11-8-15-18(9-11)10-12(2)16-13(3)14(19)17-6-4-5-7-17/h8-9,12-13,16H,4-7,10H2,1-3H3. The Morgan fingerprint density at radius 2 is 2.11 bits per heavy atom. The second kappa shape index (κ2) is 6.19. The van der Waals surface area contributed by atoms with Crippen molar-refractivity contribution in [2.24, 2.45) is 0 Å². The lowest BCUT2D eigenvalue weighted by molar-refractivity contribution is -0.132. The van der Waals surface area contributed by atoms with Crippen molar-refractivity contribution in [3.8, 4) is 0 Å². The third-order valence-electron chi connectivity index (χ3n) is 3.55. The van der Waals surface area contributed by atoms with Crippen LogP contribution < -0.4 is 5.32 Å². The minimum Gasteiger partial charge on any atom is -0.341 e. The van der Waals surface area contributed by atoms with Crippen LogP contribution in [-0.2, 0) is 11.3 Å². The van der Waals surface area contributed by atoms with Gasteiger partial charge in [0.2, 0.25) is 5.91 Å². The van der Waals surface area contributed by atoms with Crippen molar-refractivity contribution in [1.82, 2.24) is 20.0 Å². The van der Waals surface area contributed by atoms with Crippen molar-refractivity contribution in [2.75, 3.05) is 13.1 Å². The number of amides is 1. The molecule has 2 rings (SSSR count). The summed E-state index contributed by atoms with van der Waals surface area (Å²) in [6, 6.07) is 0.102. The zero-order valence-electron chi connectivity index (χ0n) is 12.1. The zero-order valence-corrected chi connectivity index (χ0v) is 12.1. The van der Waals surface area contributed by atoms with Gasteiger partial charge in [-0.15, -0.1) is 0 Å². The number of rotatable bonds is 5. The molecule has 19 heavy (non-hydrogen) atoms. The van der Waals surface area contributed by atoms with Crippen LogP contribution in [0.15, 0.2) is 12.4 Å². The van der Waals surface area contributed by atoms with Gasteiger partial charge in [-0.05, 0) is 39.2 Å². The van der Waals surface area contributed by atoms with Gasteiger partial charge in [0.25, 0.3) is 0 Å². The molecule has 106 valence electrons. The van der Waals surface area contributed by atoms with E-state index in [4.69, 9.17) is 0 Å². The lowest BCUT2D eigenvalue weighted by Crippen LogP contribution is -2.47. The average molecular weight is 264 g/mol. The highest BCUT2D eigenvalue weighted by Crippen LogP contribution is 2.09. The summed E-state index contributed by atoms with van der Waals surface area (Å²) < 4.78 is 1.92. The fraction of sp³-hybridized carbons (Fsp3) is 0.714. The minimum absolute atomic E-state index is 0.121. The van der Waals surface area contributed by atoms with Crippen molar-refractivity contribution in [3.05, 3.63) is 18.0 Å². The number of nitrogens with one attached hydrogen (secondary N) is 1. The first-order chi connectivity index (χ1) is 9.06. The Bertz CT molecular complexity index is 423. The first-order valence-corrected chi connectivity index (χ1v) is 7.10. The molecule has 1 aliphatic heterocycles. The fourth-order valence-corrected chi connectivity index (χ4v) is 2.61. The average Bonchev–Trinajstić information content (AvgIpc) is 2.99. The van der Waals surface area contributed by atoms with E-state index in [1.807, 2.05) is 35.8 Å². The van der Waals surface area contributed by atoms with Crippen molar-refractivity contribution in [2.45, 2.75) is 52.2 Å². The zero-order chi connectivity index (χ0) is 13.8. The number of carbonyl (C=O) groups is 1. The van der Waals surface area contributed by atoms with Gasteiger partial charge in [-0.25, -0.2) is 0 Å². The molecule has 5 nitrogen and oxygen atoms in total. The third-order valence-corrected chi connectivity index (χ3v) is 3.55. The molecule has 2 heterocycles. The van der Waals surface area contributed by atoms with Gasteiger partial charge < -0.3 is 10.2 Å². The topological polar surface area (TPSA) is 50.2 Å². The molecule has 0 aliphatic carbocycles. The van der Waals surface area contributed by atoms with Crippen molar-refractivity contribution in [3.63, 3.8) is 0 Å². The Morgan fingerprint density at radius 3 is 2.68 bits per heavy atom. The van der Waals surface area contributed by atoms with Crippen LogP contribution in [0.1, 0.15) is 32.3 Å².